The number of nitrogens with zero attached hydrogens (tertiary/aromatic N) is 1. The van der Waals surface area contributed by atoms with Gasteiger partial charge in [-0.15, -0.1) is 0 Å². The molecule has 0 heterocycles. The fourth-order valence-corrected chi connectivity index (χ4v) is 2.92. The second kappa shape index (κ2) is 5.46. The average Bonchev–Trinajstić information content (AvgIpc) is 2.44. The van der Waals surface area contributed by atoms with Gasteiger partial charge in [-0.1, -0.05) is 0 Å². The molecule has 0 unspecified atom stereocenters. The molecule has 5 nitrogen and oxygen atoms in total. The molecule has 0 saturated carbocycles. The number of aryl methyl sites for hydroxylation is 2. The van der Waals surface area contributed by atoms with E-state index < -0.39 is 10.0 Å². The smallest absolute Gasteiger partial charge is 0.261 e. The van der Waals surface area contributed by atoms with Crippen LogP contribution in [-0.2, 0) is 10.0 Å². The van der Waals surface area contributed by atoms with Gasteiger partial charge in [0.05, 0.1) is 27.9 Å². The lowest BCUT2D eigenvalue weighted by molar-refractivity contribution is 0.601. The standard InChI is InChI=1S/C15H15N3O2S/c1-10-7-14(17)15(8-11(10)2)18-21(19,20)13-5-3-12(9-16)4-6-13/h3-8,18H,17H2,1-2H3. The van der Waals surface area contributed by atoms with Crippen molar-refractivity contribution in [2.45, 2.75) is 18.7 Å². The molecule has 2 aromatic carbocycles. The molecule has 6 heteroatoms. The number of rotatable bonds is 3. The van der Waals surface area contributed by atoms with Gasteiger partial charge in [0.2, 0.25) is 0 Å². The molecule has 0 aromatic heterocycles. The van der Waals surface area contributed by atoms with Crippen LogP contribution in [0.25, 0.3) is 0 Å². The highest BCUT2D eigenvalue weighted by Gasteiger charge is 2.16. The highest BCUT2D eigenvalue weighted by atomic mass is 32.2. The third-order valence-electron chi connectivity index (χ3n) is 3.20. The summed E-state index contributed by atoms with van der Waals surface area (Å²) in [5.41, 5.74) is 8.91. The van der Waals surface area contributed by atoms with Gasteiger partial charge in [-0.05, 0) is 61.4 Å². The number of hydrogen-bond donors (Lipinski definition) is 2. The fraction of sp³-hybridized carbons (Fsp3) is 0.133. The number of sulfonamides is 1. The first-order chi connectivity index (χ1) is 9.83. The molecule has 3 N–H and O–H groups in total. The van der Waals surface area contributed by atoms with Gasteiger partial charge in [0.1, 0.15) is 0 Å². The van der Waals surface area contributed by atoms with E-state index in [1.54, 1.807) is 12.1 Å². The minimum atomic E-state index is -3.73. The Bertz CT molecular complexity index is 819. The Balaban J connectivity index is 2.37. The van der Waals surface area contributed by atoms with E-state index in [1.165, 1.54) is 24.3 Å². The lowest BCUT2D eigenvalue weighted by atomic mass is 10.1. The Morgan fingerprint density at radius 2 is 1.67 bits per heavy atom. The summed E-state index contributed by atoms with van der Waals surface area (Å²) in [6, 6.07) is 11.1. The van der Waals surface area contributed by atoms with Crippen LogP contribution >= 0.6 is 0 Å². The molecule has 0 bridgehead atoms. The van der Waals surface area contributed by atoms with Crippen molar-refractivity contribution in [2.75, 3.05) is 10.5 Å². The number of nitrogen functional groups attached to an aromatic ring is 1. The summed E-state index contributed by atoms with van der Waals surface area (Å²) >= 11 is 0. The van der Waals surface area contributed by atoms with Gasteiger partial charge in [0.15, 0.2) is 0 Å². The molecule has 0 atom stereocenters. The van der Waals surface area contributed by atoms with Crippen molar-refractivity contribution < 1.29 is 8.42 Å². The first kappa shape index (κ1) is 14.9. The van der Waals surface area contributed by atoms with Crippen molar-refractivity contribution in [1.82, 2.24) is 0 Å². The van der Waals surface area contributed by atoms with E-state index in [1.807, 2.05) is 19.9 Å². The van der Waals surface area contributed by atoms with E-state index in [9.17, 15) is 8.42 Å². The summed E-state index contributed by atoms with van der Waals surface area (Å²) in [6.45, 7) is 3.79. The van der Waals surface area contributed by atoms with Crippen LogP contribution in [0.2, 0.25) is 0 Å². The van der Waals surface area contributed by atoms with Crippen LogP contribution in [0.4, 0.5) is 11.4 Å². The molecule has 0 aliphatic rings. The van der Waals surface area contributed by atoms with Crippen LogP contribution in [0.3, 0.4) is 0 Å². The summed E-state index contributed by atoms with van der Waals surface area (Å²) in [7, 11) is -3.73. The molecule has 0 aliphatic carbocycles. The maximum absolute atomic E-state index is 12.3. The lowest BCUT2D eigenvalue weighted by Crippen LogP contribution is -2.14. The van der Waals surface area contributed by atoms with Crippen LogP contribution in [-0.4, -0.2) is 8.42 Å². The first-order valence-electron chi connectivity index (χ1n) is 6.23. The van der Waals surface area contributed by atoms with Crippen LogP contribution in [0, 0.1) is 25.2 Å². The number of nitriles is 1. The molecule has 0 amide bonds. The summed E-state index contributed by atoms with van der Waals surface area (Å²) in [5.74, 6) is 0. The number of anilines is 2. The molecule has 21 heavy (non-hydrogen) atoms. The zero-order valence-corrected chi connectivity index (χ0v) is 12.5. The predicted molar refractivity (Wildman–Crippen MR) is 82.3 cm³/mol. The van der Waals surface area contributed by atoms with Crippen molar-refractivity contribution in [2.24, 2.45) is 0 Å². The summed E-state index contributed by atoms with van der Waals surface area (Å²) < 4.78 is 27.1. The van der Waals surface area contributed by atoms with Gasteiger partial charge >= 0.3 is 0 Å². The second-order valence-electron chi connectivity index (χ2n) is 4.77. The van der Waals surface area contributed by atoms with Gasteiger partial charge in [-0.2, -0.15) is 5.26 Å². The molecule has 2 rings (SSSR count). The SMILES string of the molecule is Cc1cc(N)c(NS(=O)(=O)c2ccc(C#N)cc2)cc1C. The topological polar surface area (TPSA) is 96.0 Å². The molecule has 0 aliphatic heterocycles. The largest absolute Gasteiger partial charge is 0.397 e. The first-order valence-corrected chi connectivity index (χ1v) is 7.71. The monoisotopic (exact) mass is 301 g/mol. The Morgan fingerprint density at radius 3 is 2.24 bits per heavy atom. The van der Waals surface area contributed by atoms with Gasteiger partial charge < -0.3 is 5.73 Å². The normalized spacial score (nSPS) is 10.9. The van der Waals surface area contributed by atoms with E-state index >= 15 is 0 Å². The summed E-state index contributed by atoms with van der Waals surface area (Å²) in [4.78, 5) is 0.0825. The number of nitrogens with one attached hydrogen (secondary N) is 1. The molecule has 2 aromatic rings. The maximum Gasteiger partial charge on any atom is 0.261 e. The van der Waals surface area contributed by atoms with Crippen LogP contribution < -0.4 is 10.5 Å². The van der Waals surface area contributed by atoms with Crippen molar-refractivity contribution in [3.63, 3.8) is 0 Å². The van der Waals surface area contributed by atoms with Gasteiger partial charge in [-0.25, -0.2) is 8.42 Å². The number of hydrogen-bond acceptors (Lipinski definition) is 4. The van der Waals surface area contributed by atoms with Crippen LogP contribution in [0.1, 0.15) is 16.7 Å². The minimum Gasteiger partial charge on any atom is -0.397 e. The van der Waals surface area contributed by atoms with Gasteiger partial charge in [0.25, 0.3) is 10.0 Å². The molecular weight excluding hydrogens is 286 g/mol. The second-order valence-corrected chi connectivity index (χ2v) is 6.45. The average molecular weight is 301 g/mol. The highest BCUT2D eigenvalue weighted by molar-refractivity contribution is 7.92. The Morgan fingerprint density at radius 1 is 1.10 bits per heavy atom. The summed E-state index contributed by atoms with van der Waals surface area (Å²) in [6.07, 6.45) is 0. The van der Waals surface area contributed by atoms with Gasteiger partial charge in [-0.3, -0.25) is 4.72 Å². The van der Waals surface area contributed by atoms with E-state index in [-0.39, 0.29) is 4.90 Å². The molecule has 108 valence electrons. The third-order valence-corrected chi connectivity index (χ3v) is 4.59. The Labute approximate surface area is 124 Å². The van der Waals surface area contributed by atoms with Crippen LogP contribution in [0.15, 0.2) is 41.3 Å². The zero-order valence-electron chi connectivity index (χ0n) is 11.7. The Kier molecular flexibility index (Phi) is 3.87. The highest BCUT2D eigenvalue weighted by Crippen LogP contribution is 2.25. The third kappa shape index (κ3) is 3.15. The fourth-order valence-electron chi connectivity index (χ4n) is 1.84. The zero-order chi connectivity index (χ0) is 15.6. The van der Waals surface area contributed by atoms with Crippen molar-refractivity contribution in [1.29, 1.82) is 5.26 Å². The van der Waals surface area contributed by atoms with E-state index in [4.69, 9.17) is 11.0 Å². The number of benzene rings is 2. The van der Waals surface area contributed by atoms with Crippen molar-refractivity contribution in [3.8, 4) is 6.07 Å². The van der Waals surface area contributed by atoms with Crippen molar-refractivity contribution >= 4 is 21.4 Å². The quantitative estimate of drug-likeness (QED) is 0.851. The summed E-state index contributed by atoms with van der Waals surface area (Å²) in [5, 5.41) is 8.73. The van der Waals surface area contributed by atoms with Crippen molar-refractivity contribution in [3.05, 3.63) is 53.1 Å². The lowest BCUT2D eigenvalue weighted by Gasteiger charge is -2.12. The molecule has 0 fully saturated rings. The van der Waals surface area contributed by atoms with E-state index in [0.717, 1.165) is 11.1 Å². The van der Waals surface area contributed by atoms with Crippen LogP contribution in [0.5, 0.6) is 0 Å². The maximum atomic E-state index is 12.3. The van der Waals surface area contributed by atoms with E-state index in [0.29, 0.717) is 16.9 Å². The van der Waals surface area contributed by atoms with Gasteiger partial charge in [0, 0.05) is 0 Å². The molecule has 0 saturated heterocycles. The predicted octanol–water partition coefficient (Wildman–Crippen LogP) is 2.56. The van der Waals surface area contributed by atoms with E-state index in [2.05, 4.69) is 4.72 Å². The number of nitrogens with two attached hydrogens (primary N) is 1. The minimum absolute atomic E-state index is 0.0825. The molecule has 0 spiro atoms. The molecule has 0 radical (unpaired) electrons. The Hall–Kier alpha value is -2.52. The molecular formula is C15H15N3O2S.